The van der Waals surface area contributed by atoms with E-state index in [1.807, 2.05) is 24.5 Å². The minimum absolute atomic E-state index is 0.344. The van der Waals surface area contributed by atoms with Gasteiger partial charge in [-0.05, 0) is 12.1 Å². The highest BCUT2D eigenvalue weighted by Gasteiger charge is 2.08. The van der Waals surface area contributed by atoms with Gasteiger partial charge in [0.1, 0.15) is 12.0 Å². The van der Waals surface area contributed by atoms with Crippen molar-refractivity contribution in [3.8, 4) is 5.69 Å². The van der Waals surface area contributed by atoms with Crippen LogP contribution in [-0.4, -0.2) is 14.5 Å². The Bertz CT molecular complexity index is 391. The summed E-state index contributed by atoms with van der Waals surface area (Å²) in [6, 6.07) is 3.75. The van der Waals surface area contributed by atoms with Crippen molar-refractivity contribution in [3.63, 3.8) is 0 Å². The first-order valence-corrected chi connectivity index (χ1v) is 4.34. The van der Waals surface area contributed by atoms with E-state index >= 15 is 0 Å². The average Bonchev–Trinajstić information content (AvgIpc) is 2.57. The molecule has 0 aromatic carbocycles. The van der Waals surface area contributed by atoms with Crippen LogP contribution in [0.1, 0.15) is 0 Å². The van der Waals surface area contributed by atoms with Crippen LogP contribution < -0.4 is 0 Å². The van der Waals surface area contributed by atoms with Gasteiger partial charge >= 0.3 is 0 Å². The van der Waals surface area contributed by atoms with E-state index in [9.17, 15) is 0 Å². The largest absolute Gasteiger partial charge is 0.319 e. The minimum atomic E-state index is 0.344. The van der Waals surface area contributed by atoms with Gasteiger partial charge in [0, 0.05) is 12.4 Å². The second-order valence-electron chi connectivity index (χ2n) is 2.39. The van der Waals surface area contributed by atoms with Crippen LogP contribution in [0.4, 0.5) is 0 Å². The van der Waals surface area contributed by atoms with Gasteiger partial charge in [-0.1, -0.05) is 23.2 Å². The topological polar surface area (TPSA) is 30.7 Å². The summed E-state index contributed by atoms with van der Waals surface area (Å²) < 4.78 is 1.77. The summed E-state index contributed by atoms with van der Waals surface area (Å²) in [6.45, 7) is 0. The molecule has 0 saturated carbocycles. The molecule has 2 rings (SSSR count). The van der Waals surface area contributed by atoms with Crippen molar-refractivity contribution >= 4 is 23.2 Å². The van der Waals surface area contributed by atoms with Crippen LogP contribution >= 0.6 is 23.2 Å². The maximum atomic E-state index is 5.86. The summed E-state index contributed by atoms with van der Waals surface area (Å²) in [5.41, 5.74) is 0.607. The molecule has 0 radical (unpaired) electrons. The van der Waals surface area contributed by atoms with E-state index in [-0.39, 0.29) is 0 Å². The summed E-state index contributed by atoms with van der Waals surface area (Å²) in [5, 5.41) is 0.687. The fourth-order valence-electron chi connectivity index (χ4n) is 1.03. The van der Waals surface area contributed by atoms with Gasteiger partial charge in [-0.3, -0.25) is 0 Å². The van der Waals surface area contributed by atoms with Gasteiger partial charge in [0.25, 0.3) is 0 Å². The Labute approximate surface area is 85.0 Å². The van der Waals surface area contributed by atoms with E-state index in [1.165, 1.54) is 6.33 Å². The molecule has 2 heterocycles. The van der Waals surface area contributed by atoms with Gasteiger partial charge in [0.05, 0.1) is 0 Å². The molecule has 2 aromatic heterocycles. The molecule has 0 aliphatic heterocycles. The highest BCUT2D eigenvalue weighted by atomic mass is 35.5. The molecule has 13 heavy (non-hydrogen) atoms. The third-order valence-electron chi connectivity index (χ3n) is 1.60. The molecule has 0 amide bonds. The Morgan fingerprint density at radius 2 is 1.54 bits per heavy atom. The molecule has 0 aliphatic carbocycles. The highest BCUT2D eigenvalue weighted by Crippen LogP contribution is 2.23. The van der Waals surface area contributed by atoms with E-state index in [1.54, 1.807) is 4.57 Å². The summed E-state index contributed by atoms with van der Waals surface area (Å²) in [6.07, 6.45) is 4.99. The minimum Gasteiger partial charge on any atom is -0.319 e. The maximum absolute atomic E-state index is 5.86. The number of rotatable bonds is 1. The summed E-state index contributed by atoms with van der Waals surface area (Å²) >= 11 is 11.7. The van der Waals surface area contributed by atoms with Crippen LogP contribution in [0.2, 0.25) is 10.3 Å². The van der Waals surface area contributed by atoms with Crippen molar-refractivity contribution in [2.75, 3.05) is 0 Å². The van der Waals surface area contributed by atoms with Gasteiger partial charge in [-0.25, -0.2) is 9.97 Å². The molecule has 0 spiro atoms. The molecule has 5 heteroatoms. The molecule has 3 nitrogen and oxygen atoms in total. The van der Waals surface area contributed by atoms with Crippen molar-refractivity contribution in [3.05, 3.63) is 41.2 Å². The van der Waals surface area contributed by atoms with Gasteiger partial charge in [0.2, 0.25) is 0 Å². The SMILES string of the molecule is Clc1ncnc(Cl)c1-n1cccc1. The lowest BCUT2D eigenvalue weighted by atomic mass is 10.5. The zero-order valence-corrected chi connectivity index (χ0v) is 8.00. The van der Waals surface area contributed by atoms with Gasteiger partial charge < -0.3 is 4.57 Å². The Kier molecular flexibility index (Phi) is 2.20. The van der Waals surface area contributed by atoms with Crippen LogP contribution in [0.5, 0.6) is 0 Å². The first kappa shape index (κ1) is 8.53. The van der Waals surface area contributed by atoms with Gasteiger partial charge in [0.15, 0.2) is 10.3 Å². The third kappa shape index (κ3) is 1.53. The number of hydrogen-bond donors (Lipinski definition) is 0. The molecular weight excluding hydrogens is 209 g/mol. The lowest BCUT2D eigenvalue weighted by molar-refractivity contribution is 1.02. The van der Waals surface area contributed by atoms with E-state index in [0.29, 0.717) is 16.0 Å². The second-order valence-corrected chi connectivity index (χ2v) is 3.11. The van der Waals surface area contributed by atoms with Crippen molar-refractivity contribution in [1.29, 1.82) is 0 Å². The summed E-state index contributed by atoms with van der Waals surface area (Å²) in [7, 11) is 0. The number of hydrogen-bond acceptors (Lipinski definition) is 2. The predicted octanol–water partition coefficient (Wildman–Crippen LogP) is 2.57. The molecule has 0 atom stereocenters. The average molecular weight is 214 g/mol. The summed E-state index contributed by atoms with van der Waals surface area (Å²) in [4.78, 5) is 7.69. The number of halogens is 2. The maximum Gasteiger partial charge on any atom is 0.158 e. The van der Waals surface area contributed by atoms with Crippen molar-refractivity contribution in [2.24, 2.45) is 0 Å². The molecule has 0 saturated heterocycles. The van der Waals surface area contributed by atoms with Crippen molar-refractivity contribution < 1.29 is 0 Å². The van der Waals surface area contributed by atoms with Crippen LogP contribution in [-0.2, 0) is 0 Å². The highest BCUT2D eigenvalue weighted by molar-refractivity contribution is 6.36. The molecular formula is C8H5Cl2N3. The van der Waals surface area contributed by atoms with Crippen LogP contribution in [0.25, 0.3) is 5.69 Å². The molecule has 0 aliphatic rings. The first-order valence-electron chi connectivity index (χ1n) is 3.58. The van der Waals surface area contributed by atoms with Crippen LogP contribution in [0, 0.1) is 0 Å². The lowest BCUT2D eigenvalue weighted by Crippen LogP contribution is -1.96. The van der Waals surface area contributed by atoms with Gasteiger partial charge in [-0.15, -0.1) is 0 Å². The number of nitrogens with zero attached hydrogens (tertiary/aromatic N) is 3. The van der Waals surface area contributed by atoms with E-state index in [2.05, 4.69) is 9.97 Å². The molecule has 0 N–H and O–H groups in total. The van der Waals surface area contributed by atoms with Crippen LogP contribution in [0.15, 0.2) is 30.9 Å². The zero-order valence-electron chi connectivity index (χ0n) is 6.48. The van der Waals surface area contributed by atoms with Crippen molar-refractivity contribution in [2.45, 2.75) is 0 Å². The first-order chi connectivity index (χ1) is 6.29. The zero-order chi connectivity index (χ0) is 9.26. The monoisotopic (exact) mass is 213 g/mol. The molecule has 0 bridgehead atoms. The smallest absolute Gasteiger partial charge is 0.158 e. The lowest BCUT2D eigenvalue weighted by Gasteiger charge is -2.04. The Balaban J connectivity index is 2.64. The van der Waals surface area contributed by atoms with Gasteiger partial charge in [-0.2, -0.15) is 0 Å². The Morgan fingerprint density at radius 1 is 1.00 bits per heavy atom. The Hall–Kier alpha value is -1.06. The van der Waals surface area contributed by atoms with Crippen molar-refractivity contribution in [1.82, 2.24) is 14.5 Å². The third-order valence-corrected chi connectivity index (χ3v) is 2.15. The summed E-state index contributed by atoms with van der Waals surface area (Å²) in [5.74, 6) is 0. The van der Waals surface area contributed by atoms with E-state index in [0.717, 1.165) is 0 Å². The quantitative estimate of drug-likeness (QED) is 0.683. The molecule has 0 unspecified atom stereocenters. The normalized spacial score (nSPS) is 10.3. The Morgan fingerprint density at radius 3 is 2.08 bits per heavy atom. The fraction of sp³-hybridized carbons (Fsp3) is 0. The van der Waals surface area contributed by atoms with E-state index < -0.39 is 0 Å². The molecule has 66 valence electrons. The second kappa shape index (κ2) is 3.36. The number of aromatic nitrogens is 3. The fourth-order valence-corrected chi connectivity index (χ4v) is 1.54. The standard InChI is InChI=1S/C8H5Cl2N3/c9-7-6(8(10)12-5-11-7)13-3-1-2-4-13/h1-5H. The molecule has 2 aromatic rings. The molecule has 0 fully saturated rings. The van der Waals surface area contributed by atoms with Crippen LogP contribution in [0.3, 0.4) is 0 Å². The van der Waals surface area contributed by atoms with E-state index in [4.69, 9.17) is 23.2 Å². The predicted molar refractivity (Wildman–Crippen MR) is 51.4 cm³/mol.